The van der Waals surface area contributed by atoms with Gasteiger partial charge in [0.15, 0.2) is 5.69 Å². The number of benzene rings is 1. The summed E-state index contributed by atoms with van der Waals surface area (Å²) in [6.45, 7) is 1.87. The molecule has 0 amide bonds. The summed E-state index contributed by atoms with van der Waals surface area (Å²) in [6, 6.07) is 5.52. The van der Waals surface area contributed by atoms with Crippen LogP contribution < -0.4 is 5.73 Å². The fourth-order valence-electron chi connectivity index (χ4n) is 1.67. The number of hydrogen-bond acceptors (Lipinski definition) is 5. The predicted molar refractivity (Wildman–Crippen MR) is 68.6 cm³/mol. The van der Waals surface area contributed by atoms with Crippen molar-refractivity contribution in [2.24, 2.45) is 0 Å². The molecule has 1 heterocycles. The lowest BCUT2D eigenvalue weighted by atomic mass is 10.2. The molecule has 1 aromatic carbocycles. The number of aromatic nitrogens is 2. The molecule has 0 aliphatic heterocycles. The first-order chi connectivity index (χ1) is 9.56. The molecule has 6 nitrogen and oxygen atoms in total. The van der Waals surface area contributed by atoms with Crippen molar-refractivity contribution in [1.82, 2.24) is 9.78 Å². The number of rotatable bonds is 3. The molecule has 2 N–H and O–H groups in total. The van der Waals surface area contributed by atoms with E-state index in [4.69, 9.17) is 15.7 Å². The summed E-state index contributed by atoms with van der Waals surface area (Å²) in [6.07, 6.45) is 1.38. The van der Waals surface area contributed by atoms with Gasteiger partial charge in [-0.15, -0.1) is 0 Å². The number of esters is 1. The maximum atomic E-state index is 13.1. The van der Waals surface area contributed by atoms with E-state index in [1.165, 1.54) is 23.0 Å². The van der Waals surface area contributed by atoms with Crippen LogP contribution >= 0.6 is 0 Å². The highest BCUT2D eigenvalue weighted by Crippen LogP contribution is 2.19. The van der Waals surface area contributed by atoms with Gasteiger partial charge in [-0.3, -0.25) is 0 Å². The third-order valence-electron chi connectivity index (χ3n) is 2.54. The second kappa shape index (κ2) is 5.40. The van der Waals surface area contributed by atoms with Gasteiger partial charge in [0.05, 0.1) is 29.7 Å². The van der Waals surface area contributed by atoms with Crippen LogP contribution in [0.15, 0.2) is 24.4 Å². The Hall–Kier alpha value is -2.88. The summed E-state index contributed by atoms with van der Waals surface area (Å²) in [4.78, 5) is 11.6. The largest absolute Gasteiger partial charge is 0.461 e. The average Bonchev–Trinajstić information content (AvgIpc) is 2.80. The molecule has 7 heteroatoms. The van der Waals surface area contributed by atoms with E-state index < -0.39 is 11.8 Å². The summed E-state index contributed by atoms with van der Waals surface area (Å²) in [5, 5.41) is 13.0. The molecular formula is C13H11FN4O2. The SMILES string of the molecule is CCOC(=O)c1nn(-c2ccc(F)cc2C#N)cc1N. The Labute approximate surface area is 114 Å². The van der Waals surface area contributed by atoms with E-state index in [2.05, 4.69) is 5.10 Å². The number of nitriles is 1. The number of hydrogen-bond donors (Lipinski definition) is 1. The predicted octanol–water partition coefficient (Wildman–Crippen LogP) is 1.64. The van der Waals surface area contributed by atoms with Crippen molar-refractivity contribution in [2.45, 2.75) is 6.92 Å². The number of nitrogen functional groups attached to an aromatic ring is 1. The van der Waals surface area contributed by atoms with Crippen molar-refractivity contribution in [2.75, 3.05) is 12.3 Å². The number of ether oxygens (including phenoxy) is 1. The van der Waals surface area contributed by atoms with Crippen LogP contribution in [0.1, 0.15) is 23.0 Å². The minimum atomic E-state index is -0.649. The van der Waals surface area contributed by atoms with Crippen molar-refractivity contribution in [3.8, 4) is 11.8 Å². The van der Waals surface area contributed by atoms with Gasteiger partial charge in [0, 0.05) is 0 Å². The lowest BCUT2D eigenvalue weighted by Gasteiger charge is -2.03. The first-order valence-electron chi connectivity index (χ1n) is 5.79. The molecule has 0 aliphatic rings. The first kappa shape index (κ1) is 13.5. The van der Waals surface area contributed by atoms with Crippen molar-refractivity contribution >= 4 is 11.7 Å². The topological polar surface area (TPSA) is 93.9 Å². The van der Waals surface area contributed by atoms with Gasteiger partial charge in [-0.2, -0.15) is 10.4 Å². The van der Waals surface area contributed by atoms with Crippen molar-refractivity contribution in [1.29, 1.82) is 5.26 Å². The van der Waals surface area contributed by atoms with Crippen LogP contribution in [-0.2, 0) is 4.74 Å². The van der Waals surface area contributed by atoms with E-state index in [1.54, 1.807) is 6.92 Å². The fourth-order valence-corrected chi connectivity index (χ4v) is 1.67. The molecule has 2 aromatic rings. The van der Waals surface area contributed by atoms with Crippen LogP contribution in [0.2, 0.25) is 0 Å². The normalized spacial score (nSPS) is 10.1. The van der Waals surface area contributed by atoms with Crippen molar-refractivity contribution in [3.63, 3.8) is 0 Å². The van der Waals surface area contributed by atoms with Gasteiger partial charge < -0.3 is 10.5 Å². The van der Waals surface area contributed by atoms with Crippen LogP contribution in [0, 0.1) is 17.1 Å². The smallest absolute Gasteiger partial charge is 0.361 e. The minimum Gasteiger partial charge on any atom is -0.461 e. The third kappa shape index (κ3) is 2.44. The maximum absolute atomic E-state index is 13.1. The molecule has 0 unspecified atom stereocenters. The van der Waals surface area contributed by atoms with Gasteiger partial charge >= 0.3 is 5.97 Å². The number of nitrogens with two attached hydrogens (primary N) is 1. The fraction of sp³-hybridized carbons (Fsp3) is 0.154. The Bertz CT molecular complexity index is 703. The van der Waals surface area contributed by atoms with Crippen LogP contribution in [0.5, 0.6) is 0 Å². The molecule has 0 atom stereocenters. The highest BCUT2D eigenvalue weighted by molar-refractivity contribution is 5.92. The average molecular weight is 274 g/mol. The summed E-state index contributed by atoms with van der Waals surface area (Å²) >= 11 is 0. The maximum Gasteiger partial charge on any atom is 0.361 e. The Morgan fingerprint density at radius 2 is 2.35 bits per heavy atom. The molecule has 0 saturated carbocycles. The quantitative estimate of drug-likeness (QED) is 0.859. The van der Waals surface area contributed by atoms with Crippen LogP contribution in [0.4, 0.5) is 10.1 Å². The van der Waals surface area contributed by atoms with Crippen molar-refractivity contribution < 1.29 is 13.9 Å². The molecule has 0 spiro atoms. The van der Waals surface area contributed by atoms with E-state index in [1.807, 2.05) is 6.07 Å². The summed E-state index contributed by atoms with van der Waals surface area (Å²) < 4.78 is 19.1. The molecule has 102 valence electrons. The molecular weight excluding hydrogens is 263 g/mol. The van der Waals surface area contributed by atoms with E-state index in [9.17, 15) is 9.18 Å². The summed E-state index contributed by atoms with van der Waals surface area (Å²) in [7, 11) is 0. The molecule has 1 aromatic heterocycles. The zero-order valence-corrected chi connectivity index (χ0v) is 10.6. The van der Waals surface area contributed by atoms with Crippen LogP contribution in [0.3, 0.4) is 0 Å². The summed E-state index contributed by atoms with van der Waals surface area (Å²) in [5.41, 5.74) is 6.19. The molecule has 20 heavy (non-hydrogen) atoms. The molecule has 0 aliphatic carbocycles. The Balaban J connectivity index is 2.48. The highest BCUT2D eigenvalue weighted by Gasteiger charge is 2.17. The molecule has 0 saturated heterocycles. The standard InChI is InChI=1S/C13H11FN4O2/c1-2-20-13(19)12-10(16)7-18(17-12)11-4-3-9(14)5-8(11)6-15/h3-5,7H,2,16H2,1H3. The first-order valence-corrected chi connectivity index (χ1v) is 5.79. The van der Waals surface area contributed by atoms with E-state index in [0.29, 0.717) is 5.69 Å². The second-order valence-electron chi connectivity index (χ2n) is 3.87. The molecule has 2 rings (SSSR count). The van der Waals surface area contributed by atoms with E-state index in [-0.39, 0.29) is 23.6 Å². The second-order valence-corrected chi connectivity index (χ2v) is 3.87. The van der Waals surface area contributed by atoms with Crippen LogP contribution in [0.25, 0.3) is 5.69 Å². The molecule has 0 radical (unpaired) electrons. The third-order valence-corrected chi connectivity index (χ3v) is 2.54. The number of carbonyl (C=O) groups is 1. The van der Waals surface area contributed by atoms with Gasteiger partial charge in [-0.05, 0) is 25.1 Å². The van der Waals surface area contributed by atoms with Crippen molar-refractivity contribution in [3.05, 3.63) is 41.5 Å². The lowest BCUT2D eigenvalue weighted by molar-refractivity contribution is 0.0520. The van der Waals surface area contributed by atoms with E-state index >= 15 is 0 Å². The Kier molecular flexibility index (Phi) is 3.66. The summed E-state index contributed by atoms with van der Waals surface area (Å²) in [5.74, 6) is -1.18. The van der Waals surface area contributed by atoms with Gasteiger partial charge in [-0.25, -0.2) is 13.9 Å². The Morgan fingerprint density at radius 1 is 1.60 bits per heavy atom. The van der Waals surface area contributed by atoms with Crippen LogP contribution in [-0.4, -0.2) is 22.4 Å². The van der Waals surface area contributed by atoms with E-state index in [0.717, 1.165) is 6.07 Å². The van der Waals surface area contributed by atoms with Gasteiger partial charge in [0.2, 0.25) is 0 Å². The minimum absolute atomic E-state index is 0.0416. The number of halogens is 1. The zero-order valence-electron chi connectivity index (χ0n) is 10.6. The lowest BCUT2D eigenvalue weighted by Crippen LogP contribution is -2.08. The van der Waals surface area contributed by atoms with Gasteiger partial charge in [0.1, 0.15) is 11.9 Å². The van der Waals surface area contributed by atoms with Gasteiger partial charge in [0.25, 0.3) is 0 Å². The number of carbonyl (C=O) groups excluding carboxylic acids is 1. The Morgan fingerprint density at radius 3 is 3.00 bits per heavy atom. The number of anilines is 1. The highest BCUT2D eigenvalue weighted by atomic mass is 19.1. The molecule has 0 fully saturated rings. The van der Waals surface area contributed by atoms with Gasteiger partial charge in [-0.1, -0.05) is 0 Å². The number of nitrogens with zero attached hydrogens (tertiary/aromatic N) is 3. The zero-order chi connectivity index (χ0) is 14.7. The monoisotopic (exact) mass is 274 g/mol. The molecule has 0 bridgehead atoms.